The van der Waals surface area contributed by atoms with Gasteiger partial charge in [0.25, 0.3) is 0 Å². The number of aliphatic hydroxyl groups excluding tert-OH is 7. The van der Waals surface area contributed by atoms with Crippen molar-refractivity contribution in [3.05, 3.63) is 40.6 Å². The highest BCUT2D eigenvalue weighted by atomic mass is 16.7. The van der Waals surface area contributed by atoms with E-state index in [0.29, 0.717) is 0 Å². The SMILES string of the molecule is C[C@H]1O[C@@H](Oc2c(O)c(O[C@@H]3O[C@H](CO)[C@H](O)[C@H](O)[C@@H]3O)c3oc(-c4ccc(O)cc4)cc(=O)c3c2O)[C@@H](O)[C@@H](O)[C@@H]1O. The Morgan fingerprint density at radius 2 is 1.33 bits per heavy atom. The average molecular weight is 611 g/mol. The monoisotopic (exact) mass is 610 g/mol. The summed E-state index contributed by atoms with van der Waals surface area (Å²) in [4.78, 5) is 13.3. The fourth-order valence-corrected chi connectivity index (χ4v) is 4.81. The second kappa shape index (κ2) is 11.8. The van der Waals surface area contributed by atoms with Gasteiger partial charge < -0.3 is 74.4 Å². The third-order valence-electron chi connectivity index (χ3n) is 7.31. The number of fused-ring (bicyclic) bond motifs is 1. The number of hydrogen-bond donors (Lipinski definition) is 10. The number of phenols is 3. The molecule has 0 bridgehead atoms. The first kappa shape index (κ1) is 30.7. The predicted octanol–water partition coefficient (Wildman–Crippen LogP) is -2.04. The predicted molar refractivity (Wildman–Crippen MR) is 140 cm³/mol. The van der Waals surface area contributed by atoms with Crippen molar-refractivity contribution in [1.29, 1.82) is 0 Å². The summed E-state index contributed by atoms with van der Waals surface area (Å²) in [6, 6.07) is 6.38. The van der Waals surface area contributed by atoms with Gasteiger partial charge in [0.05, 0.1) is 12.7 Å². The smallest absolute Gasteiger partial charge is 0.229 e. The van der Waals surface area contributed by atoms with Gasteiger partial charge in [-0.3, -0.25) is 4.79 Å². The van der Waals surface area contributed by atoms with Crippen LogP contribution in [-0.4, -0.2) is 119 Å². The van der Waals surface area contributed by atoms with E-state index >= 15 is 0 Å². The molecule has 0 unspecified atom stereocenters. The van der Waals surface area contributed by atoms with Crippen molar-refractivity contribution in [2.45, 2.75) is 68.3 Å². The molecule has 0 amide bonds. The minimum absolute atomic E-state index is 0.0883. The van der Waals surface area contributed by atoms with Crippen LogP contribution in [0.1, 0.15) is 6.92 Å². The number of ether oxygens (including phenoxy) is 4. The summed E-state index contributed by atoms with van der Waals surface area (Å²) in [5, 5.41) is 102. The summed E-state index contributed by atoms with van der Waals surface area (Å²) in [7, 11) is 0. The first-order valence-electron chi connectivity index (χ1n) is 13.0. The Bertz CT molecular complexity index is 1520. The van der Waals surface area contributed by atoms with Gasteiger partial charge in [-0.1, -0.05) is 0 Å². The summed E-state index contributed by atoms with van der Waals surface area (Å²) in [5.74, 6) is -4.00. The molecule has 2 saturated heterocycles. The van der Waals surface area contributed by atoms with Crippen molar-refractivity contribution in [2.75, 3.05) is 6.61 Å². The van der Waals surface area contributed by atoms with E-state index in [2.05, 4.69) is 0 Å². The molecule has 3 aromatic rings. The zero-order chi connectivity index (χ0) is 31.3. The first-order chi connectivity index (χ1) is 20.3. The molecule has 2 aliphatic rings. The van der Waals surface area contributed by atoms with Crippen molar-refractivity contribution in [1.82, 2.24) is 0 Å². The number of aliphatic hydroxyl groups is 7. The number of rotatable bonds is 6. The van der Waals surface area contributed by atoms with Crippen LogP contribution in [0, 0.1) is 0 Å². The van der Waals surface area contributed by atoms with Crippen LogP contribution in [0.25, 0.3) is 22.3 Å². The van der Waals surface area contributed by atoms with Gasteiger partial charge in [0.1, 0.15) is 59.6 Å². The van der Waals surface area contributed by atoms with E-state index in [0.717, 1.165) is 6.07 Å². The van der Waals surface area contributed by atoms with Gasteiger partial charge in [0.2, 0.25) is 29.8 Å². The van der Waals surface area contributed by atoms with Gasteiger partial charge in [-0.15, -0.1) is 0 Å². The van der Waals surface area contributed by atoms with Gasteiger partial charge in [0, 0.05) is 11.6 Å². The van der Waals surface area contributed by atoms with E-state index in [4.69, 9.17) is 23.4 Å². The third-order valence-corrected chi connectivity index (χ3v) is 7.31. The van der Waals surface area contributed by atoms with Crippen LogP contribution in [0.2, 0.25) is 0 Å². The van der Waals surface area contributed by atoms with Gasteiger partial charge in [-0.25, -0.2) is 0 Å². The zero-order valence-corrected chi connectivity index (χ0v) is 22.3. The van der Waals surface area contributed by atoms with E-state index in [-0.39, 0.29) is 17.1 Å². The lowest BCUT2D eigenvalue weighted by atomic mass is 9.99. The molecule has 0 aliphatic carbocycles. The van der Waals surface area contributed by atoms with Crippen LogP contribution in [0.5, 0.6) is 28.7 Å². The van der Waals surface area contributed by atoms with Crippen molar-refractivity contribution in [2.24, 2.45) is 0 Å². The molecule has 10 atom stereocenters. The lowest BCUT2D eigenvalue weighted by Crippen LogP contribution is -2.60. The van der Waals surface area contributed by atoms with Crippen LogP contribution < -0.4 is 14.9 Å². The summed E-state index contributed by atoms with van der Waals surface area (Å²) in [5.41, 5.74) is -1.24. The number of hydrogen-bond acceptors (Lipinski definition) is 16. The lowest BCUT2D eigenvalue weighted by Gasteiger charge is -2.40. The molecule has 3 heterocycles. The van der Waals surface area contributed by atoms with Crippen molar-refractivity contribution in [3.63, 3.8) is 0 Å². The average Bonchev–Trinajstić information content (AvgIpc) is 2.98. The first-order valence-corrected chi connectivity index (χ1v) is 13.0. The Kier molecular flexibility index (Phi) is 8.41. The van der Waals surface area contributed by atoms with E-state index in [9.17, 15) is 55.9 Å². The topological polar surface area (TPSA) is 269 Å². The van der Waals surface area contributed by atoms with Crippen LogP contribution in [-0.2, 0) is 9.47 Å². The van der Waals surface area contributed by atoms with Crippen LogP contribution in [0.3, 0.4) is 0 Å². The van der Waals surface area contributed by atoms with Crippen LogP contribution >= 0.6 is 0 Å². The van der Waals surface area contributed by atoms with Crippen LogP contribution in [0.4, 0.5) is 0 Å². The second-order valence-corrected chi connectivity index (χ2v) is 10.2. The highest BCUT2D eigenvalue weighted by Gasteiger charge is 2.47. The summed E-state index contributed by atoms with van der Waals surface area (Å²) < 4.78 is 27.7. The van der Waals surface area contributed by atoms with Gasteiger partial charge in [0.15, 0.2) is 16.8 Å². The maximum absolute atomic E-state index is 13.3. The molecule has 2 fully saturated rings. The number of phenolic OH excluding ortho intramolecular Hbond substituents is 3. The molecular formula is C27H30O16. The van der Waals surface area contributed by atoms with Gasteiger partial charge in [-0.05, 0) is 31.2 Å². The molecule has 5 rings (SSSR count). The maximum atomic E-state index is 13.3. The Hall–Kier alpha value is -3.71. The maximum Gasteiger partial charge on any atom is 0.229 e. The quantitative estimate of drug-likeness (QED) is 0.144. The minimum Gasteiger partial charge on any atom is -0.508 e. The highest BCUT2D eigenvalue weighted by Crippen LogP contribution is 2.51. The Labute approximate surface area is 241 Å². The fourth-order valence-electron chi connectivity index (χ4n) is 4.81. The normalized spacial score (nSPS) is 32.9. The summed E-state index contributed by atoms with van der Waals surface area (Å²) in [6.07, 6.45) is -17.0. The summed E-state index contributed by atoms with van der Waals surface area (Å²) >= 11 is 0. The van der Waals surface area contributed by atoms with Gasteiger partial charge >= 0.3 is 0 Å². The van der Waals surface area contributed by atoms with E-state index in [1.54, 1.807) is 0 Å². The number of aromatic hydroxyl groups is 3. The molecule has 0 spiro atoms. The lowest BCUT2D eigenvalue weighted by molar-refractivity contribution is -0.277. The zero-order valence-electron chi connectivity index (χ0n) is 22.3. The molecule has 10 N–H and O–H groups in total. The largest absolute Gasteiger partial charge is 0.508 e. The Balaban J connectivity index is 1.67. The molecule has 16 heteroatoms. The third kappa shape index (κ3) is 5.44. The molecule has 1 aromatic heterocycles. The fraction of sp³-hybridized carbons (Fsp3) is 0.444. The van der Waals surface area contributed by atoms with Crippen molar-refractivity contribution in [3.8, 4) is 40.1 Å². The molecule has 0 radical (unpaired) electrons. The number of benzene rings is 2. The summed E-state index contributed by atoms with van der Waals surface area (Å²) in [6.45, 7) is 0.536. The van der Waals surface area contributed by atoms with E-state index < -0.39 is 107 Å². The molecule has 16 nitrogen and oxygen atoms in total. The molecule has 2 aliphatic heterocycles. The Morgan fingerprint density at radius 1 is 0.744 bits per heavy atom. The molecule has 234 valence electrons. The molecule has 0 saturated carbocycles. The molecular weight excluding hydrogens is 580 g/mol. The minimum atomic E-state index is -1.97. The van der Waals surface area contributed by atoms with Crippen molar-refractivity contribution < 1.29 is 74.4 Å². The van der Waals surface area contributed by atoms with Crippen LogP contribution in [0.15, 0.2) is 39.5 Å². The Morgan fingerprint density at radius 3 is 1.95 bits per heavy atom. The molecule has 43 heavy (non-hydrogen) atoms. The standard InChI is InChI=1S/C27H30O16/c1-8-15(31)18(34)20(36)26(39-8)42-24-17(33)14-11(30)6-12(9-2-4-10(29)5-3-9)40-23(14)25(22(24)38)43-27-21(37)19(35)16(32)13(7-28)41-27/h2-6,8,13,15-16,18-21,26-29,31-38H,7H2,1H3/t8-,13-,15-,16+,18+,19+,20+,21+,26+,27+/m1/s1. The van der Waals surface area contributed by atoms with Gasteiger partial charge in [-0.2, -0.15) is 0 Å². The molecule has 2 aromatic carbocycles. The highest BCUT2D eigenvalue weighted by molar-refractivity contribution is 5.95. The van der Waals surface area contributed by atoms with E-state index in [1.807, 2.05) is 0 Å². The van der Waals surface area contributed by atoms with E-state index in [1.165, 1.54) is 31.2 Å². The van der Waals surface area contributed by atoms with Crippen molar-refractivity contribution >= 4 is 11.0 Å². The second-order valence-electron chi connectivity index (χ2n) is 10.2.